The van der Waals surface area contributed by atoms with Gasteiger partial charge in [-0.05, 0) is 30.1 Å². The predicted molar refractivity (Wildman–Crippen MR) is 56.6 cm³/mol. The fourth-order valence-corrected chi connectivity index (χ4v) is 2.48. The molecule has 1 aliphatic rings. The van der Waals surface area contributed by atoms with Crippen molar-refractivity contribution >= 4 is 0 Å². The average Bonchev–Trinajstić information content (AvgIpc) is 2.50. The SMILES string of the molecule is CC(C)C(C)C(O)C1(C)CCCC1. The normalized spacial score (nSPS) is 26.3. The van der Waals surface area contributed by atoms with Crippen molar-refractivity contribution in [3.8, 4) is 0 Å². The zero-order valence-electron chi connectivity index (χ0n) is 9.51. The predicted octanol–water partition coefficient (Wildman–Crippen LogP) is 3.22. The van der Waals surface area contributed by atoms with Crippen LogP contribution in [-0.2, 0) is 0 Å². The van der Waals surface area contributed by atoms with Gasteiger partial charge in [-0.25, -0.2) is 0 Å². The molecule has 0 bridgehead atoms. The van der Waals surface area contributed by atoms with Crippen LogP contribution in [-0.4, -0.2) is 11.2 Å². The molecule has 1 aliphatic carbocycles. The molecule has 1 N–H and O–H groups in total. The van der Waals surface area contributed by atoms with Gasteiger partial charge in [-0.2, -0.15) is 0 Å². The van der Waals surface area contributed by atoms with E-state index in [0.29, 0.717) is 11.8 Å². The molecule has 0 aliphatic heterocycles. The summed E-state index contributed by atoms with van der Waals surface area (Å²) in [7, 11) is 0. The quantitative estimate of drug-likeness (QED) is 0.714. The highest BCUT2D eigenvalue weighted by molar-refractivity contribution is 4.89. The summed E-state index contributed by atoms with van der Waals surface area (Å²) < 4.78 is 0. The molecule has 0 aromatic carbocycles. The molecule has 2 unspecified atom stereocenters. The summed E-state index contributed by atoms with van der Waals surface area (Å²) >= 11 is 0. The third-order valence-electron chi connectivity index (χ3n) is 4.01. The summed E-state index contributed by atoms with van der Waals surface area (Å²) in [6.45, 7) is 8.83. The van der Waals surface area contributed by atoms with Crippen LogP contribution in [0.2, 0.25) is 0 Å². The van der Waals surface area contributed by atoms with Gasteiger partial charge in [0.25, 0.3) is 0 Å². The molecule has 1 heteroatoms. The number of aliphatic hydroxyl groups is 1. The van der Waals surface area contributed by atoms with Crippen LogP contribution < -0.4 is 0 Å². The molecule has 13 heavy (non-hydrogen) atoms. The lowest BCUT2D eigenvalue weighted by Gasteiger charge is -2.36. The smallest absolute Gasteiger partial charge is 0.0621 e. The second-order valence-corrected chi connectivity index (χ2v) is 5.41. The van der Waals surface area contributed by atoms with Gasteiger partial charge >= 0.3 is 0 Å². The lowest BCUT2D eigenvalue weighted by Crippen LogP contribution is -2.37. The number of hydrogen-bond donors (Lipinski definition) is 1. The fraction of sp³-hybridized carbons (Fsp3) is 1.00. The Hall–Kier alpha value is -0.0400. The zero-order chi connectivity index (χ0) is 10.1. The maximum atomic E-state index is 10.2. The molecule has 0 aromatic rings. The van der Waals surface area contributed by atoms with E-state index in [1.807, 2.05) is 0 Å². The Morgan fingerprint density at radius 2 is 1.54 bits per heavy atom. The summed E-state index contributed by atoms with van der Waals surface area (Å²) in [5.41, 5.74) is 0.212. The van der Waals surface area contributed by atoms with Gasteiger partial charge in [0.2, 0.25) is 0 Å². The van der Waals surface area contributed by atoms with Crippen LogP contribution in [0, 0.1) is 17.3 Å². The van der Waals surface area contributed by atoms with Crippen LogP contribution in [0.25, 0.3) is 0 Å². The van der Waals surface area contributed by atoms with E-state index in [1.165, 1.54) is 25.7 Å². The second-order valence-electron chi connectivity index (χ2n) is 5.41. The van der Waals surface area contributed by atoms with Crippen LogP contribution >= 0.6 is 0 Å². The highest BCUT2D eigenvalue weighted by atomic mass is 16.3. The van der Waals surface area contributed by atoms with Crippen molar-refractivity contribution < 1.29 is 5.11 Å². The first kappa shape index (κ1) is 11.0. The minimum atomic E-state index is -0.102. The Kier molecular flexibility index (Phi) is 3.39. The van der Waals surface area contributed by atoms with Gasteiger partial charge in [0, 0.05) is 0 Å². The molecule has 1 fully saturated rings. The topological polar surface area (TPSA) is 20.2 Å². The first-order chi connectivity index (χ1) is 5.97. The Bertz CT molecular complexity index is 157. The van der Waals surface area contributed by atoms with Gasteiger partial charge in [0.1, 0.15) is 0 Å². The molecule has 0 heterocycles. The zero-order valence-corrected chi connectivity index (χ0v) is 9.51. The third kappa shape index (κ3) is 2.25. The standard InChI is InChI=1S/C12H24O/c1-9(2)10(3)11(13)12(4)7-5-6-8-12/h9-11,13H,5-8H2,1-4H3. The Labute approximate surface area is 82.5 Å². The number of aliphatic hydroxyl groups excluding tert-OH is 1. The van der Waals surface area contributed by atoms with E-state index in [-0.39, 0.29) is 11.5 Å². The summed E-state index contributed by atoms with van der Waals surface area (Å²) in [6.07, 6.45) is 4.93. The van der Waals surface area contributed by atoms with Crippen LogP contribution in [0.5, 0.6) is 0 Å². The van der Waals surface area contributed by atoms with Gasteiger partial charge in [-0.1, -0.05) is 40.5 Å². The molecule has 0 spiro atoms. The van der Waals surface area contributed by atoms with Crippen molar-refractivity contribution in [2.75, 3.05) is 0 Å². The number of hydrogen-bond acceptors (Lipinski definition) is 1. The average molecular weight is 184 g/mol. The van der Waals surface area contributed by atoms with E-state index < -0.39 is 0 Å². The molecule has 78 valence electrons. The molecule has 0 saturated heterocycles. The molecular weight excluding hydrogens is 160 g/mol. The van der Waals surface area contributed by atoms with Crippen molar-refractivity contribution in [3.63, 3.8) is 0 Å². The van der Waals surface area contributed by atoms with Gasteiger partial charge in [-0.3, -0.25) is 0 Å². The molecule has 1 rings (SSSR count). The van der Waals surface area contributed by atoms with Crippen molar-refractivity contribution in [2.24, 2.45) is 17.3 Å². The Morgan fingerprint density at radius 3 is 1.92 bits per heavy atom. The van der Waals surface area contributed by atoms with Crippen molar-refractivity contribution in [1.29, 1.82) is 0 Å². The van der Waals surface area contributed by atoms with Crippen LogP contribution in [0.1, 0.15) is 53.4 Å². The van der Waals surface area contributed by atoms with Crippen molar-refractivity contribution in [2.45, 2.75) is 59.5 Å². The van der Waals surface area contributed by atoms with E-state index in [2.05, 4.69) is 27.7 Å². The summed E-state index contributed by atoms with van der Waals surface area (Å²) in [4.78, 5) is 0. The minimum Gasteiger partial charge on any atom is -0.392 e. The maximum Gasteiger partial charge on any atom is 0.0621 e. The van der Waals surface area contributed by atoms with Gasteiger partial charge < -0.3 is 5.11 Å². The van der Waals surface area contributed by atoms with Crippen LogP contribution in [0.3, 0.4) is 0 Å². The minimum absolute atomic E-state index is 0.102. The van der Waals surface area contributed by atoms with Crippen molar-refractivity contribution in [1.82, 2.24) is 0 Å². The van der Waals surface area contributed by atoms with Crippen molar-refractivity contribution in [3.05, 3.63) is 0 Å². The lowest BCUT2D eigenvalue weighted by atomic mass is 9.74. The van der Waals surface area contributed by atoms with E-state index in [4.69, 9.17) is 0 Å². The van der Waals surface area contributed by atoms with Gasteiger partial charge in [0.15, 0.2) is 0 Å². The van der Waals surface area contributed by atoms with E-state index in [1.54, 1.807) is 0 Å². The molecule has 1 saturated carbocycles. The second kappa shape index (κ2) is 4.00. The highest BCUT2D eigenvalue weighted by Crippen LogP contribution is 2.43. The first-order valence-electron chi connectivity index (χ1n) is 5.65. The largest absolute Gasteiger partial charge is 0.392 e. The van der Waals surface area contributed by atoms with E-state index in [9.17, 15) is 5.11 Å². The molecule has 1 nitrogen and oxygen atoms in total. The Balaban J connectivity index is 2.59. The summed E-state index contributed by atoms with van der Waals surface area (Å²) in [5, 5.41) is 10.2. The van der Waals surface area contributed by atoms with E-state index in [0.717, 1.165) is 0 Å². The maximum absolute atomic E-state index is 10.2. The molecule has 0 radical (unpaired) electrons. The summed E-state index contributed by atoms with van der Waals surface area (Å²) in [6, 6.07) is 0. The van der Waals surface area contributed by atoms with Crippen LogP contribution in [0.4, 0.5) is 0 Å². The number of rotatable bonds is 3. The first-order valence-corrected chi connectivity index (χ1v) is 5.65. The van der Waals surface area contributed by atoms with Gasteiger partial charge in [0.05, 0.1) is 6.10 Å². The summed E-state index contributed by atoms with van der Waals surface area (Å²) in [5.74, 6) is 1.02. The fourth-order valence-electron chi connectivity index (χ4n) is 2.48. The molecule has 0 aromatic heterocycles. The third-order valence-corrected chi connectivity index (χ3v) is 4.01. The van der Waals surface area contributed by atoms with Gasteiger partial charge in [-0.15, -0.1) is 0 Å². The molecular formula is C12H24O. The van der Waals surface area contributed by atoms with E-state index >= 15 is 0 Å². The van der Waals surface area contributed by atoms with Crippen LogP contribution in [0.15, 0.2) is 0 Å². The highest BCUT2D eigenvalue weighted by Gasteiger charge is 2.39. The molecule has 2 atom stereocenters. The molecule has 0 amide bonds. The monoisotopic (exact) mass is 184 g/mol. The Morgan fingerprint density at radius 1 is 1.08 bits per heavy atom. The lowest BCUT2D eigenvalue weighted by molar-refractivity contribution is -0.0146.